The number of alkyl halides is 1. The van der Waals surface area contributed by atoms with E-state index < -0.39 is 5.82 Å². The summed E-state index contributed by atoms with van der Waals surface area (Å²) in [4.78, 5) is 18.3. The summed E-state index contributed by atoms with van der Waals surface area (Å²) in [5.41, 5.74) is 0.622. The molecule has 0 saturated carbocycles. The highest BCUT2D eigenvalue weighted by Crippen LogP contribution is 2.20. The van der Waals surface area contributed by atoms with E-state index in [0.717, 1.165) is 0 Å². The number of nitrogens with zero attached hydrogens (tertiary/aromatic N) is 1. The van der Waals surface area contributed by atoms with E-state index in [1.165, 1.54) is 18.3 Å². The van der Waals surface area contributed by atoms with Crippen LogP contribution >= 0.6 is 27.5 Å². The van der Waals surface area contributed by atoms with Crippen molar-refractivity contribution in [3.8, 4) is 0 Å². The molecule has 0 aliphatic rings. The maximum absolute atomic E-state index is 13.6. The lowest BCUT2D eigenvalue weighted by atomic mass is 10.1. The highest BCUT2D eigenvalue weighted by molar-refractivity contribution is 9.08. The van der Waals surface area contributed by atoms with Crippen LogP contribution in [0.5, 0.6) is 0 Å². The molecule has 1 N–H and O–H groups in total. The average Bonchev–Trinajstić information content (AvgIpc) is 2.34. The third-order valence-corrected chi connectivity index (χ3v) is 3.43. The number of aromatic amines is 1. The van der Waals surface area contributed by atoms with Gasteiger partial charge in [-0.25, -0.2) is 9.37 Å². The van der Waals surface area contributed by atoms with Gasteiger partial charge in [0.05, 0.1) is 0 Å². The van der Waals surface area contributed by atoms with Crippen molar-refractivity contribution in [2.45, 2.75) is 11.8 Å². The number of hydrogen-bond acceptors (Lipinski definition) is 2. The Hall–Kier alpha value is -1.20. The molecule has 0 bridgehead atoms. The topological polar surface area (TPSA) is 45.8 Å². The number of H-pyrrole nitrogens is 1. The van der Waals surface area contributed by atoms with Crippen molar-refractivity contribution in [3.05, 3.63) is 62.5 Å². The predicted octanol–water partition coefficient (Wildman–Crippen LogP) is 3.05. The van der Waals surface area contributed by atoms with Crippen molar-refractivity contribution >= 4 is 27.5 Å². The zero-order valence-corrected chi connectivity index (χ0v) is 11.6. The third-order valence-electron chi connectivity index (χ3n) is 2.48. The van der Waals surface area contributed by atoms with Gasteiger partial charge in [-0.1, -0.05) is 33.6 Å². The molecule has 0 unspecified atom stereocenters. The van der Waals surface area contributed by atoms with E-state index in [2.05, 4.69) is 25.9 Å². The van der Waals surface area contributed by atoms with E-state index in [1.807, 2.05) is 0 Å². The zero-order valence-electron chi connectivity index (χ0n) is 9.21. The summed E-state index contributed by atoms with van der Waals surface area (Å²) in [5.74, 6) is -0.0218. The molecule has 2 aromatic rings. The Kier molecular flexibility index (Phi) is 4.14. The summed E-state index contributed by atoms with van der Waals surface area (Å²) in [6.07, 6.45) is 1.63. The molecular weight excluding hydrogens is 322 g/mol. The van der Waals surface area contributed by atoms with Crippen molar-refractivity contribution in [2.24, 2.45) is 0 Å². The molecule has 0 fully saturated rings. The monoisotopic (exact) mass is 330 g/mol. The highest BCUT2D eigenvalue weighted by atomic mass is 79.9. The van der Waals surface area contributed by atoms with E-state index in [9.17, 15) is 9.18 Å². The first kappa shape index (κ1) is 13.2. The molecule has 0 amide bonds. The summed E-state index contributed by atoms with van der Waals surface area (Å²) >= 11 is 9.09. The minimum atomic E-state index is -0.408. The second-order valence-corrected chi connectivity index (χ2v) is 4.66. The van der Waals surface area contributed by atoms with Crippen LogP contribution < -0.4 is 5.56 Å². The normalized spacial score (nSPS) is 10.6. The van der Waals surface area contributed by atoms with Crippen molar-refractivity contribution < 1.29 is 4.39 Å². The van der Waals surface area contributed by atoms with Gasteiger partial charge in [-0.2, -0.15) is 0 Å². The van der Waals surface area contributed by atoms with Crippen molar-refractivity contribution in [2.75, 3.05) is 0 Å². The Bertz CT molecular complexity index is 609. The minimum Gasteiger partial charge on any atom is -0.310 e. The van der Waals surface area contributed by atoms with Crippen LogP contribution in [0.3, 0.4) is 0 Å². The van der Waals surface area contributed by atoms with E-state index in [4.69, 9.17) is 11.6 Å². The molecule has 0 aliphatic carbocycles. The van der Waals surface area contributed by atoms with Crippen LogP contribution in [0.25, 0.3) is 0 Å². The number of halogens is 3. The van der Waals surface area contributed by atoms with Gasteiger partial charge in [-0.05, 0) is 12.1 Å². The van der Waals surface area contributed by atoms with Crippen molar-refractivity contribution in [1.29, 1.82) is 0 Å². The third kappa shape index (κ3) is 2.79. The molecule has 0 saturated heterocycles. The lowest BCUT2D eigenvalue weighted by molar-refractivity contribution is 0.612. The predicted molar refractivity (Wildman–Crippen MR) is 71.7 cm³/mol. The van der Waals surface area contributed by atoms with E-state index >= 15 is 0 Å². The van der Waals surface area contributed by atoms with Crippen molar-refractivity contribution in [3.63, 3.8) is 0 Å². The molecule has 0 atom stereocenters. The molecule has 2 rings (SSSR count). The van der Waals surface area contributed by atoms with Gasteiger partial charge >= 0.3 is 0 Å². The maximum Gasteiger partial charge on any atom is 0.254 e. The first-order chi connectivity index (χ1) is 8.61. The number of rotatable bonds is 3. The quantitative estimate of drug-likeness (QED) is 0.879. The van der Waals surface area contributed by atoms with Gasteiger partial charge in [0.2, 0.25) is 0 Å². The first-order valence-electron chi connectivity index (χ1n) is 5.17. The minimum absolute atomic E-state index is 0.156. The second-order valence-electron chi connectivity index (χ2n) is 3.69. The SMILES string of the molecule is O=c1[nH]c(Cc2c(F)cccc2Cl)ncc1CBr. The van der Waals surface area contributed by atoms with Gasteiger partial charge in [0, 0.05) is 34.1 Å². The number of nitrogens with one attached hydrogen (secondary N) is 1. The summed E-state index contributed by atoms with van der Waals surface area (Å²) in [6, 6.07) is 4.46. The molecule has 1 heterocycles. The van der Waals surface area contributed by atoms with Crippen LogP contribution in [-0.2, 0) is 11.8 Å². The van der Waals surface area contributed by atoms with E-state index in [1.54, 1.807) is 6.07 Å². The van der Waals surface area contributed by atoms with Crippen LogP contribution in [0.4, 0.5) is 4.39 Å². The fraction of sp³-hybridized carbons (Fsp3) is 0.167. The summed E-state index contributed by atoms with van der Waals surface area (Å²) < 4.78 is 13.6. The van der Waals surface area contributed by atoms with Crippen LogP contribution in [0.1, 0.15) is 17.0 Å². The zero-order chi connectivity index (χ0) is 13.1. The smallest absolute Gasteiger partial charge is 0.254 e. The molecule has 0 aliphatic heterocycles. The number of hydrogen-bond donors (Lipinski definition) is 1. The van der Waals surface area contributed by atoms with Crippen LogP contribution in [0, 0.1) is 5.82 Å². The molecule has 3 nitrogen and oxygen atoms in total. The Morgan fingerprint density at radius 3 is 2.83 bits per heavy atom. The Labute approximate surface area is 116 Å². The lowest BCUT2D eigenvalue weighted by Crippen LogP contribution is -2.15. The fourth-order valence-corrected chi connectivity index (χ4v) is 2.14. The number of benzene rings is 1. The van der Waals surface area contributed by atoms with Crippen LogP contribution in [-0.4, -0.2) is 9.97 Å². The summed E-state index contributed by atoms with van der Waals surface area (Å²) in [7, 11) is 0. The number of aromatic nitrogens is 2. The first-order valence-corrected chi connectivity index (χ1v) is 6.67. The Morgan fingerprint density at radius 1 is 1.44 bits per heavy atom. The molecule has 18 heavy (non-hydrogen) atoms. The average molecular weight is 332 g/mol. The van der Waals surface area contributed by atoms with Crippen LogP contribution in [0.15, 0.2) is 29.2 Å². The van der Waals surface area contributed by atoms with Crippen LogP contribution in [0.2, 0.25) is 5.02 Å². The van der Waals surface area contributed by atoms with Gasteiger partial charge in [0.25, 0.3) is 5.56 Å². The summed E-state index contributed by atoms with van der Waals surface area (Å²) in [6.45, 7) is 0. The van der Waals surface area contributed by atoms with E-state index in [0.29, 0.717) is 27.3 Å². The Morgan fingerprint density at radius 2 is 2.22 bits per heavy atom. The molecule has 1 aromatic heterocycles. The molecule has 6 heteroatoms. The van der Waals surface area contributed by atoms with Crippen molar-refractivity contribution in [1.82, 2.24) is 9.97 Å². The van der Waals surface area contributed by atoms with Gasteiger partial charge < -0.3 is 4.98 Å². The summed E-state index contributed by atoms with van der Waals surface area (Å²) in [5, 5.41) is 0.748. The molecule has 0 spiro atoms. The molecule has 0 radical (unpaired) electrons. The van der Waals surface area contributed by atoms with Gasteiger partial charge in [-0.15, -0.1) is 0 Å². The Balaban J connectivity index is 2.35. The van der Waals surface area contributed by atoms with Gasteiger partial charge in [0.1, 0.15) is 11.6 Å². The molecular formula is C12H9BrClFN2O. The van der Waals surface area contributed by atoms with Gasteiger partial charge in [-0.3, -0.25) is 4.79 Å². The lowest BCUT2D eigenvalue weighted by Gasteiger charge is -2.05. The molecule has 1 aromatic carbocycles. The standard InChI is InChI=1S/C12H9BrClFN2O/c13-5-7-6-16-11(17-12(7)18)4-8-9(14)2-1-3-10(8)15/h1-3,6H,4-5H2,(H,16,17,18). The van der Waals surface area contributed by atoms with Gasteiger partial charge in [0.15, 0.2) is 0 Å². The maximum atomic E-state index is 13.6. The molecule has 94 valence electrons. The highest BCUT2D eigenvalue weighted by Gasteiger charge is 2.10. The fourth-order valence-electron chi connectivity index (χ4n) is 1.51. The second kappa shape index (κ2) is 5.63. The largest absolute Gasteiger partial charge is 0.310 e. The van der Waals surface area contributed by atoms with E-state index in [-0.39, 0.29) is 12.0 Å².